The van der Waals surface area contributed by atoms with E-state index in [1.807, 2.05) is 7.05 Å². The molecule has 2 aliphatic heterocycles. The van der Waals surface area contributed by atoms with E-state index in [0.717, 1.165) is 36.6 Å². The molecule has 1 N–H and O–H groups in total. The van der Waals surface area contributed by atoms with Crippen LogP contribution in [0.3, 0.4) is 0 Å². The van der Waals surface area contributed by atoms with E-state index in [-0.39, 0.29) is 10.8 Å². The second-order valence-electron chi connectivity index (χ2n) is 7.85. The number of hydrogen-bond donors (Lipinski definition) is 1. The van der Waals surface area contributed by atoms with Crippen molar-refractivity contribution in [2.24, 2.45) is 0 Å². The summed E-state index contributed by atoms with van der Waals surface area (Å²) in [6.07, 6.45) is 1.53. The largest absolute Gasteiger partial charge is 0.373 e. The van der Waals surface area contributed by atoms with E-state index in [4.69, 9.17) is 9.97 Å². The molecule has 1 aromatic carbocycles. The van der Waals surface area contributed by atoms with Crippen LogP contribution >= 0.6 is 0 Å². The first kappa shape index (κ1) is 20.2. The van der Waals surface area contributed by atoms with Crippen molar-refractivity contribution in [3.63, 3.8) is 0 Å². The maximum Gasteiger partial charge on any atom is 0.243 e. The smallest absolute Gasteiger partial charge is 0.243 e. The maximum atomic E-state index is 13.5. The average Bonchev–Trinajstić information content (AvgIpc) is 3.20. The molecule has 1 atom stereocenters. The lowest BCUT2D eigenvalue weighted by molar-refractivity contribution is 0.309. The van der Waals surface area contributed by atoms with Crippen LogP contribution in [0.2, 0.25) is 0 Å². The highest BCUT2D eigenvalue weighted by atomic mass is 32.2. The molecule has 0 aliphatic carbocycles. The zero-order valence-corrected chi connectivity index (χ0v) is 17.8. The van der Waals surface area contributed by atoms with Gasteiger partial charge in [-0.2, -0.15) is 4.31 Å². The van der Waals surface area contributed by atoms with Crippen LogP contribution in [0.1, 0.15) is 35.0 Å². The second kappa shape index (κ2) is 7.62. The summed E-state index contributed by atoms with van der Waals surface area (Å²) in [5, 5.41) is 3.17. The fourth-order valence-corrected chi connectivity index (χ4v) is 5.63. The number of hydrogen-bond acceptors (Lipinski definition) is 6. The zero-order valence-electron chi connectivity index (χ0n) is 16.9. The van der Waals surface area contributed by atoms with E-state index in [9.17, 15) is 12.8 Å². The number of aromatic nitrogens is 2. The summed E-state index contributed by atoms with van der Waals surface area (Å²) in [4.78, 5) is 11.9. The number of aryl methyl sites for hydroxylation is 1. The van der Waals surface area contributed by atoms with E-state index in [1.54, 1.807) is 6.92 Å². The summed E-state index contributed by atoms with van der Waals surface area (Å²) in [5.41, 5.74) is 2.49. The van der Waals surface area contributed by atoms with Gasteiger partial charge in [-0.15, -0.1) is 0 Å². The lowest BCUT2D eigenvalue weighted by Crippen LogP contribution is -2.30. The third-order valence-corrected chi connectivity index (χ3v) is 7.65. The minimum atomic E-state index is -3.67. The Bertz CT molecular complexity index is 1030. The third-order valence-electron chi connectivity index (χ3n) is 5.79. The molecule has 1 fully saturated rings. The SMILES string of the molecule is CNc1nc([C@@H]2CCN(S(=O)(=O)c3ccc(F)c(C)c3)C2)nc2c1CN(C)CC2. The summed E-state index contributed by atoms with van der Waals surface area (Å²) in [7, 11) is 0.257. The van der Waals surface area contributed by atoms with Gasteiger partial charge in [0.2, 0.25) is 10.0 Å². The lowest BCUT2D eigenvalue weighted by atomic mass is 10.0. The van der Waals surface area contributed by atoms with Crippen molar-refractivity contribution in [2.45, 2.75) is 37.1 Å². The molecular weight excluding hydrogens is 393 g/mol. The highest BCUT2D eigenvalue weighted by molar-refractivity contribution is 7.89. The van der Waals surface area contributed by atoms with E-state index >= 15 is 0 Å². The Morgan fingerprint density at radius 2 is 2.03 bits per heavy atom. The first-order valence-corrected chi connectivity index (χ1v) is 11.3. The molecule has 1 aromatic heterocycles. The predicted octanol–water partition coefficient (Wildman–Crippen LogP) is 2.13. The molecule has 7 nitrogen and oxygen atoms in total. The molecule has 2 aliphatic rings. The molecule has 156 valence electrons. The molecule has 0 spiro atoms. The average molecular weight is 420 g/mol. The molecular formula is C20H26FN5O2S. The third kappa shape index (κ3) is 3.74. The number of fused-ring (bicyclic) bond motifs is 1. The first-order chi connectivity index (χ1) is 13.8. The van der Waals surface area contributed by atoms with Gasteiger partial charge in [-0.1, -0.05) is 0 Å². The Hall–Kier alpha value is -2.10. The summed E-state index contributed by atoms with van der Waals surface area (Å²) in [6, 6.07) is 3.93. The number of benzene rings is 1. The van der Waals surface area contributed by atoms with E-state index in [0.29, 0.717) is 30.9 Å². The Balaban J connectivity index is 1.59. The number of rotatable bonds is 4. The van der Waals surface area contributed by atoms with Crippen LogP contribution in [-0.4, -0.2) is 61.3 Å². The summed E-state index contributed by atoms with van der Waals surface area (Å²) in [6.45, 7) is 4.06. The standard InChI is InChI=1S/C20H26FN5O2S/c1-13-10-15(4-5-17(13)21)29(27,28)26-9-6-14(11-26)19-23-18-7-8-25(3)12-16(18)20(22-2)24-19/h4-5,10,14H,6-9,11-12H2,1-3H3,(H,22,23,24)/t14-/m1/s1. The van der Waals surface area contributed by atoms with Gasteiger partial charge >= 0.3 is 0 Å². The quantitative estimate of drug-likeness (QED) is 0.818. The molecule has 9 heteroatoms. The van der Waals surface area contributed by atoms with Gasteiger partial charge in [-0.05, 0) is 44.2 Å². The van der Waals surface area contributed by atoms with Gasteiger partial charge in [0.25, 0.3) is 0 Å². The Morgan fingerprint density at radius 3 is 2.76 bits per heavy atom. The highest BCUT2D eigenvalue weighted by Gasteiger charge is 2.35. The molecule has 0 saturated carbocycles. The van der Waals surface area contributed by atoms with E-state index in [2.05, 4.69) is 17.3 Å². The van der Waals surface area contributed by atoms with Gasteiger partial charge in [-0.25, -0.2) is 22.8 Å². The molecule has 3 heterocycles. The van der Waals surface area contributed by atoms with Crippen LogP contribution < -0.4 is 5.32 Å². The number of nitrogens with one attached hydrogen (secondary N) is 1. The molecule has 0 unspecified atom stereocenters. The first-order valence-electron chi connectivity index (χ1n) is 9.82. The van der Waals surface area contributed by atoms with Crippen molar-refractivity contribution in [2.75, 3.05) is 39.0 Å². The number of anilines is 1. The van der Waals surface area contributed by atoms with E-state index < -0.39 is 15.8 Å². The fourth-order valence-electron chi connectivity index (χ4n) is 4.04. The summed E-state index contributed by atoms with van der Waals surface area (Å²) < 4.78 is 41.0. The Morgan fingerprint density at radius 1 is 1.24 bits per heavy atom. The van der Waals surface area contributed by atoms with Gasteiger partial charge in [0, 0.05) is 51.1 Å². The van der Waals surface area contributed by atoms with Gasteiger partial charge in [-0.3, -0.25) is 0 Å². The minimum absolute atomic E-state index is 0.0524. The molecule has 29 heavy (non-hydrogen) atoms. The summed E-state index contributed by atoms with van der Waals surface area (Å²) >= 11 is 0. The Kier molecular flexibility index (Phi) is 5.30. The Labute approximate surface area is 171 Å². The number of sulfonamides is 1. The van der Waals surface area contributed by atoms with Crippen LogP contribution in [0.4, 0.5) is 10.2 Å². The van der Waals surface area contributed by atoms with Crippen LogP contribution in [0.25, 0.3) is 0 Å². The molecule has 4 rings (SSSR count). The van der Waals surface area contributed by atoms with Gasteiger partial charge < -0.3 is 10.2 Å². The van der Waals surface area contributed by atoms with Crippen molar-refractivity contribution in [1.82, 2.24) is 19.2 Å². The zero-order chi connectivity index (χ0) is 20.8. The number of nitrogens with zero attached hydrogens (tertiary/aromatic N) is 4. The maximum absolute atomic E-state index is 13.5. The van der Waals surface area contributed by atoms with Crippen LogP contribution in [0.15, 0.2) is 23.1 Å². The number of likely N-dealkylation sites (N-methyl/N-ethyl adjacent to an activating group) is 1. The van der Waals surface area contributed by atoms with Crippen molar-refractivity contribution in [1.29, 1.82) is 0 Å². The topological polar surface area (TPSA) is 78.4 Å². The van der Waals surface area contributed by atoms with Crippen molar-refractivity contribution in [3.8, 4) is 0 Å². The molecule has 2 aromatic rings. The second-order valence-corrected chi connectivity index (χ2v) is 9.79. The van der Waals surface area contributed by atoms with Crippen molar-refractivity contribution < 1.29 is 12.8 Å². The monoisotopic (exact) mass is 419 g/mol. The predicted molar refractivity (Wildman–Crippen MR) is 109 cm³/mol. The van der Waals surface area contributed by atoms with Crippen LogP contribution in [-0.2, 0) is 23.0 Å². The normalized spacial score (nSPS) is 20.6. The van der Waals surface area contributed by atoms with E-state index in [1.165, 1.54) is 22.5 Å². The van der Waals surface area contributed by atoms with Gasteiger partial charge in [0.1, 0.15) is 17.5 Å². The summed E-state index contributed by atoms with van der Waals surface area (Å²) in [5.74, 6) is 1.07. The molecule has 0 amide bonds. The van der Waals surface area contributed by atoms with Crippen molar-refractivity contribution in [3.05, 3.63) is 46.7 Å². The lowest BCUT2D eigenvalue weighted by Gasteiger charge is -2.26. The minimum Gasteiger partial charge on any atom is -0.373 e. The van der Waals surface area contributed by atoms with Gasteiger partial charge in [0.05, 0.1) is 10.6 Å². The van der Waals surface area contributed by atoms with Crippen LogP contribution in [0.5, 0.6) is 0 Å². The molecule has 1 saturated heterocycles. The molecule has 0 bridgehead atoms. The van der Waals surface area contributed by atoms with Crippen molar-refractivity contribution >= 4 is 15.8 Å². The fraction of sp³-hybridized carbons (Fsp3) is 0.500. The molecule has 0 radical (unpaired) electrons. The van der Waals surface area contributed by atoms with Crippen LogP contribution in [0, 0.1) is 12.7 Å². The highest BCUT2D eigenvalue weighted by Crippen LogP contribution is 2.32. The number of halogens is 1. The van der Waals surface area contributed by atoms with Gasteiger partial charge in [0.15, 0.2) is 0 Å².